The van der Waals surface area contributed by atoms with Crippen molar-refractivity contribution in [3.05, 3.63) is 78.9 Å². The van der Waals surface area contributed by atoms with Crippen molar-refractivity contribution in [2.24, 2.45) is 11.8 Å². The lowest BCUT2D eigenvalue weighted by atomic mass is 9.70. The molecule has 9 heteroatoms. The van der Waals surface area contributed by atoms with Gasteiger partial charge in [-0.2, -0.15) is 0 Å². The highest BCUT2D eigenvalue weighted by Crippen LogP contribution is 2.59. The standard InChI is InChI=1S/C36H45N3O6/c1-6-20-37(26-14-16-27(17-15-26)44-8-3)33(41)29-28-18-19-36(45-28)30(29)34(42)39(22-9-10-23-40)32(36)35(43)38(21-7-2)31-24(4)12-11-13-25(31)5/h6-7,11-17,28-30,32,40H,1-2,8-10,18-23H2,3-5H3/t28-,29+,30-,32?,36?/m0/s1. The van der Waals surface area contributed by atoms with Crippen molar-refractivity contribution in [2.45, 2.75) is 64.2 Å². The summed E-state index contributed by atoms with van der Waals surface area (Å²) >= 11 is 0. The Bertz CT molecular complexity index is 1420. The monoisotopic (exact) mass is 615 g/mol. The summed E-state index contributed by atoms with van der Waals surface area (Å²) in [6.07, 6.45) is 4.97. The van der Waals surface area contributed by atoms with Gasteiger partial charge in [0.25, 0.3) is 5.91 Å². The fourth-order valence-electron chi connectivity index (χ4n) is 7.67. The van der Waals surface area contributed by atoms with E-state index in [1.54, 1.807) is 26.9 Å². The number of para-hydroxylation sites is 1. The first-order chi connectivity index (χ1) is 21.7. The van der Waals surface area contributed by atoms with Gasteiger partial charge in [0, 0.05) is 37.6 Å². The van der Waals surface area contributed by atoms with Gasteiger partial charge in [-0.25, -0.2) is 0 Å². The minimum atomic E-state index is -1.13. The zero-order chi connectivity index (χ0) is 32.3. The molecule has 2 aromatic carbocycles. The summed E-state index contributed by atoms with van der Waals surface area (Å²) in [6, 6.07) is 12.3. The van der Waals surface area contributed by atoms with E-state index in [2.05, 4.69) is 13.2 Å². The number of aliphatic hydroxyl groups is 1. The number of amides is 3. The average molecular weight is 616 g/mol. The Labute approximate surface area is 266 Å². The second-order valence-electron chi connectivity index (χ2n) is 12.2. The van der Waals surface area contributed by atoms with Gasteiger partial charge in [-0.15, -0.1) is 13.2 Å². The molecule has 2 bridgehead atoms. The second-order valence-corrected chi connectivity index (χ2v) is 12.2. The van der Waals surface area contributed by atoms with Crippen molar-refractivity contribution in [1.29, 1.82) is 0 Å². The van der Waals surface area contributed by atoms with Crippen molar-refractivity contribution in [3.8, 4) is 5.75 Å². The number of nitrogens with zero attached hydrogens (tertiary/aromatic N) is 3. The van der Waals surface area contributed by atoms with E-state index in [1.165, 1.54) is 0 Å². The molecule has 240 valence electrons. The number of ether oxygens (including phenoxy) is 2. The number of rotatable bonds is 14. The number of hydrogen-bond donors (Lipinski definition) is 1. The quantitative estimate of drug-likeness (QED) is 0.247. The Kier molecular flexibility index (Phi) is 9.79. The number of fused-ring (bicyclic) bond motifs is 1. The molecule has 2 aromatic rings. The number of carbonyl (C=O) groups is 3. The molecule has 9 nitrogen and oxygen atoms in total. The maximum atomic E-state index is 14.8. The lowest BCUT2D eigenvalue weighted by Crippen LogP contribution is -2.57. The van der Waals surface area contributed by atoms with Crippen LogP contribution >= 0.6 is 0 Å². The minimum absolute atomic E-state index is 0.0154. The summed E-state index contributed by atoms with van der Waals surface area (Å²) < 4.78 is 12.3. The van der Waals surface area contributed by atoms with Crippen LogP contribution in [0, 0.1) is 25.7 Å². The summed E-state index contributed by atoms with van der Waals surface area (Å²) in [5.41, 5.74) is 2.21. The van der Waals surface area contributed by atoms with Crippen LogP contribution in [0.3, 0.4) is 0 Å². The third kappa shape index (κ3) is 5.68. The fourth-order valence-corrected chi connectivity index (χ4v) is 7.67. The van der Waals surface area contributed by atoms with Gasteiger partial charge in [-0.05, 0) is 81.8 Å². The molecular weight excluding hydrogens is 570 g/mol. The summed E-state index contributed by atoms with van der Waals surface area (Å²) in [5.74, 6) is -1.54. The molecular formula is C36H45N3O6. The SMILES string of the molecule is C=CCN(C(=O)[C@@H]1[C@@H]2CCC3(O2)C(C(=O)N(CC=C)c2c(C)cccc2C)N(CCCCO)C(=O)[C@H]13)c1ccc(OCC)cc1. The first-order valence-corrected chi connectivity index (χ1v) is 16.0. The first-order valence-electron chi connectivity index (χ1n) is 16.0. The smallest absolute Gasteiger partial charge is 0.253 e. The predicted molar refractivity (Wildman–Crippen MR) is 174 cm³/mol. The van der Waals surface area contributed by atoms with Crippen LogP contribution in [-0.4, -0.2) is 78.3 Å². The lowest BCUT2D eigenvalue weighted by Gasteiger charge is -2.37. The molecule has 5 rings (SSSR count). The highest BCUT2D eigenvalue weighted by molar-refractivity contribution is 6.07. The molecule has 3 heterocycles. The third-order valence-electron chi connectivity index (χ3n) is 9.45. The van der Waals surface area contributed by atoms with Gasteiger partial charge < -0.3 is 29.3 Å². The van der Waals surface area contributed by atoms with E-state index < -0.39 is 29.6 Å². The van der Waals surface area contributed by atoms with Crippen molar-refractivity contribution in [3.63, 3.8) is 0 Å². The number of hydrogen-bond acceptors (Lipinski definition) is 6. The Morgan fingerprint density at radius 3 is 2.33 bits per heavy atom. The van der Waals surface area contributed by atoms with Crippen LogP contribution in [0.5, 0.6) is 5.75 Å². The summed E-state index contributed by atoms with van der Waals surface area (Å²) in [6.45, 7) is 15.0. The number of likely N-dealkylation sites (tertiary alicyclic amines) is 1. The van der Waals surface area contributed by atoms with Gasteiger partial charge in [0.15, 0.2) is 0 Å². The summed E-state index contributed by atoms with van der Waals surface area (Å²) in [7, 11) is 0. The topological polar surface area (TPSA) is 99.6 Å². The van der Waals surface area contributed by atoms with Crippen LogP contribution in [0.4, 0.5) is 11.4 Å². The molecule has 0 saturated carbocycles. The zero-order valence-corrected chi connectivity index (χ0v) is 26.6. The fraction of sp³-hybridized carbons (Fsp3) is 0.472. The molecule has 3 aliphatic rings. The maximum Gasteiger partial charge on any atom is 0.253 e. The Morgan fingerprint density at radius 1 is 1.04 bits per heavy atom. The molecule has 1 N–H and O–H groups in total. The Hall–Kier alpha value is -3.95. The van der Waals surface area contributed by atoms with Crippen LogP contribution in [0.2, 0.25) is 0 Å². The Morgan fingerprint density at radius 2 is 1.71 bits per heavy atom. The number of aliphatic hydroxyl groups excluding tert-OH is 1. The van der Waals surface area contributed by atoms with Gasteiger partial charge in [-0.3, -0.25) is 14.4 Å². The van der Waals surface area contributed by atoms with E-state index in [1.807, 2.05) is 63.2 Å². The predicted octanol–water partition coefficient (Wildman–Crippen LogP) is 4.59. The van der Waals surface area contributed by atoms with E-state index in [-0.39, 0.29) is 44.0 Å². The Balaban J connectivity index is 1.54. The molecule has 3 saturated heterocycles. The van der Waals surface area contributed by atoms with Crippen LogP contribution in [0.15, 0.2) is 67.8 Å². The van der Waals surface area contributed by atoms with E-state index in [9.17, 15) is 19.5 Å². The number of unbranched alkanes of at least 4 members (excludes halogenated alkanes) is 1. The van der Waals surface area contributed by atoms with Crippen molar-refractivity contribution in [1.82, 2.24) is 4.90 Å². The normalized spacial score (nSPS) is 24.8. The molecule has 0 radical (unpaired) electrons. The van der Waals surface area contributed by atoms with Gasteiger partial charge in [0.2, 0.25) is 11.8 Å². The maximum absolute atomic E-state index is 14.8. The molecule has 5 atom stereocenters. The summed E-state index contributed by atoms with van der Waals surface area (Å²) in [4.78, 5) is 48.7. The molecule has 3 amide bonds. The average Bonchev–Trinajstić information content (AvgIpc) is 3.67. The zero-order valence-electron chi connectivity index (χ0n) is 26.6. The molecule has 0 aromatic heterocycles. The molecule has 3 fully saturated rings. The van der Waals surface area contributed by atoms with Crippen molar-refractivity contribution < 1.29 is 29.0 Å². The lowest BCUT2D eigenvalue weighted by molar-refractivity contribution is -0.140. The molecule has 0 aliphatic carbocycles. The first kappa shape index (κ1) is 32.4. The number of aryl methyl sites for hydroxylation is 2. The van der Waals surface area contributed by atoms with E-state index in [0.29, 0.717) is 43.7 Å². The highest BCUT2D eigenvalue weighted by Gasteiger charge is 2.75. The van der Waals surface area contributed by atoms with E-state index in [0.717, 1.165) is 16.8 Å². The van der Waals surface area contributed by atoms with Gasteiger partial charge in [0.05, 0.1) is 24.5 Å². The number of carbonyl (C=O) groups excluding carboxylic acids is 3. The van der Waals surface area contributed by atoms with Crippen LogP contribution in [0.1, 0.15) is 43.7 Å². The van der Waals surface area contributed by atoms with Crippen molar-refractivity contribution >= 4 is 29.1 Å². The molecule has 1 spiro atoms. The van der Waals surface area contributed by atoms with Gasteiger partial charge in [-0.1, -0.05) is 30.4 Å². The largest absolute Gasteiger partial charge is 0.494 e. The van der Waals surface area contributed by atoms with Gasteiger partial charge >= 0.3 is 0 Å². The highest BCUT2D eigenvalue weighted by atomic mass is 16.5. The van der Waals surface area contributed by atoms with E-state index >= 15 is 0 Å². The molecule has 45 heavy (non-hydrogen) atoms. The van der Waals surface area contributed by atoms with E-state index in [4.69, 9.17) is 9.47 Å². The third-order valence-corrected chi connectivity index (χ3v) is 9.45. The van der Waals surface area contributed by atoms with Crippen LogP contribution in [-0.2, 0) is 19.1 Å². The molecule has 3 aliphatic heterocycles. The van der Waals surface area contributed by atoms with Crippen LogP contribution in [0.25, 0.3) is 0 Å². The van der Waals surface area contributed by atoms with Crippen molar-refractivity contribution in [2.75, 3.05) is 42.6 Å². The molecule has 2 unspecified atom stereocenters. The number of benzene rings is 2. The van der Waals surface area contributed by atoms with Gasteiger partial charge in [0.1, 0.15) is 17.4 Å². The summed E-state index contributed by atoms with van der Waals surface area (Å²) in [5, 5.41) is 9.52. The number of anilines is 2. The van der Waals surface area contributed by atoms with Crippen LogP contribution < -0.4 is 14.5 Å². The minimum Gasteiger partial charge on any atom is -0.494 e. The second kappa shape index (κ2) is 13.6.